The van der Waals surface area contributed by atoms with E-state index in [9.17, 15) is 9.59 Å². The second-order valence-corrected chi connectivity index (χ2v) is 4.74. The molecule has 5 heteroatoms. The molecule has 0 heterocycles. The molecule has 0 fully saturated rings. The molecule has 0 aliphatic rings. The minimum absolute atomic E-state index is 0.274. The van der Waals surface area contributed by atoms with Gasteiger partial charge in [0.1, 0.15) is 5.75 Å². The number of hydrogen-bond acceptors (Lipinski definition) is 3. The molecular weight excluding hydrogens is 280 g/mol. The van der Waals surface area contributed by atoms with E-state index in [0.29, 0.717) is 29.2 Å². The van der Waals surface area contributed by atoms with Gasteiger partial charge in [-0.05, 0) is 42.8 Å². The molecule has 0 atom stereocenters. The lowest BCUT2D eigenvalue weighted by Gasteiger charge is -2.12. The number of rotatable bonds is 6. The van der Waals surface area contributed by atoms with Crippen molar-refractivity contribution in [2.45, 2.75) is 13.3 Å². The largest absolute Gasteiger partial charge is 0.491 e. The summed E-state index contributed by atoms with van der Waals surface area (Å²) in [7, 11) is 0. The average molecular weight is 298 g/mol. The van der Waals surface area contributed by atoms with Crippen molar-refractivity contribution < 1.29 is 14.3 Å². The normalized spacial score (nSPS) is 10.0. The van der Waals surface area contributed by atoms with Crippen LogP contribution in [0.3, 0.4) is 0 Å². The molecule has 2 aromatic carbocycles. The smallest absolute Gasteiger partial charge is 0.255 e. The average Bonchev–Trinajstić information content (AvgIpc) is 2.54. The van der Waals surface area contributed by atoms with Crippen molar-refractivity contribution in [3.63, 3.8) is 0 Å². The molecule has 2 rings (SSSR count). The highest BCUT2D eigenvalue weighted by Gasteiger charge is 2.10. The molecule has 3 N–H and O–H groups in total. The van der Waals surface area contributed by atoms with Gasteiger partial charge in [0.15, 0.2) is 0 Å². The van der Waals surface area contributed by atoms with Gasteiger partial charge in [-0.2, -0.15) is 0 Å². The summed E-state index contributed by atoms with van der Waals surface area (Å²) >= 11 is 0. The van der Waals surface area contributed by atoms with Gasteiger partial charge in [-0.3, -0.25) is 9.59 Å². The van der Waals surface area contributed by atoms with Crippen LogP contribution in [0.1, 0.15) is 34.1 Å². The number of nitrogens with two attached hydrogens (primary N) is 1. The highest BCUT2D eigenvalue weighted by molar-refractivity contribution is 6.05. The van der Waals surface area contributed by atoms with E-state index >= 15 is 0 Å². The van der Waals surface area contributed by atoms with Gasteiger partial charge in [0.25, 0.3) is 5.91 Å². The zero-order valence-electron chi connectivity index (χ0n) is 12.3. The highest BCUT2D eigenvalue weighted by Crippen LogP contribution is 2.24. The molecule has 5 nitrogen and oxygen atoms in total. The van der Waals surface area contributed by atoms with Crippen molar-refractivity contribution in [3.05, 3.63) is 59.7 Å². The fraction of sp³-hybridized carbons (Fsp3) is 0.176. The number of benzene rings is 2. The van der Waals surface area contributed by atoms with E-state index in [-0.39, 0.29) is 5.91 Å². The first-order chi connectivity index (χ1) is 10.6. The Morgan fingerprint density at radius 2 is 1.68 bits per heavy atom. The second-order valence-electron chi connectivity index (χ2n) is 4.74. The van der Waals surface area contributed by atoms with Crippen LogP contribution in [0.25, 0.3) is 0 Å². The maximum Gasteiger partial charge on any atom is 0.255 e. The maximum absolute atomic E-state index is 12.2. The lowest BCUT2D eigenvalue weighted by atomic mass is 10.1. The Balaban J connectivity index is 2.13. The third kappa shape index (κ3) is 3.85. The van der Waals surface area contributed by atoms with Crippen LogP contribution in [0.15, 0.2) is 48.5 Å². The lowest BCUT2D eigenvalue weighted by Crippen LogP contribution is -2.14. The molecule has 0 radical (unpaired) electrons. The first kappa shape index (κ1) is 15.6. The van der Waals surface area contributed by atoms with Gasteiger partial charge in [-0.25, -0.2) is 0 Å². The molecule has 0 unspecified atom stereocenters. The summed E-state index contributed by atoms with van der Waals surface area (Å²) < 4.78 is 5.60. The van der Waals surface area contributed by atoms with Crippen LogP contribution in [0.4, 0.5) is 5.69 Å². The van der Waals surface area contributed by atoms with Crippen molar-refractivity contribution >= 4 is 17.5 Å². The Morgan fingerprint density at radius 3 is 2.32 bits per heavy atom. The van der Waals surface area contributed by atoms with E-state index in [1.165, 1.54) is 12.1 Å². The summed E-state index contributed by atoms with van der Waals surface area (Å²) in [5.41, 5.74) is 6.59. The number of anilines is 1. The Morgan fingerprint density at radius 1 is 1.05 bits per heavy atom. The van der Waals surface area contributed by atoms with Crippen LogP contribution in [-0.4, -0.2) is 18.4 Å². The number of primary amides is 1. The summed E-state index contributed by atoms with van der Waals surface area (Å²) in [5.74, 6) is -0.166. The maximum atomic E-state index is 12.2. The van der Waals surface area contributed by atoms with Crippen LogP contribution in [0.2, 0.25) is 0 Å². The number of carbonyl (C=O) groups excluding carboxylic acids is 2. The van der Waals surface area contributed by atoms with Crippen LogP contribution in [0.5, 0.6) is 5.75 Å². The quantitative estimate of drug-likeness (QED) is 0.860. The third-order valence-corrected chi connectivity index (χ3v) is 3.03. The van der Waals surface area contributed by atoms with Gasteiger partial charge >= 0.3 is 0 Å². The van der Waals surface area contributed by atoms with Crippen LogP contribution in [0, 0.1) is 0 Å². The standard InChI is InChI=1S/C17H18N2O3/c1-2-11-22-15-6-4-3-5-14(15)19-17(21)13-9-7-12(8-10-13)16(18)20/h3-10H,2,11H2,1H3,(H2,18,20)(H,19,21). The van der Waals surface area contributed by atoms with Crippen molar-refractivity contribution in [2.75, 3.05) is 11.9 Å². The topological polar surface area (TPSA) is 81.4 Å². The molecule has 0 bridgehead atoms. The van der Waals surface area contributed by atoms with Gasteiger partial charge in [-0.15, -0.1) is 0 Å². The van der Waals surface area contributed by atoms with Crippen LogP contribution >= 0.6 is 0 Å². The monoisotopic (exact) mass is 298 g/mol. The second kappa shape index (κ2) is 7.26. The van der Waals surface area contributed by atoms with E-state index < -0.39 is 5.91 Å². The number of hydrogen-bond donors (Lipinski definition) is 2. The Hall–Kier alpha value is -2.82. The van der Waals surface area contributed by atoms with E-state index in [1.807, 2.05) is 25.1 Å². The molecule has 2 amide bonds. The summed E-state index contributed by atoms with van der Waals surface area (Å²) in [6.45, 7) is 2.60. The van der Waals surface area contributed by atoms with Crippen LogP contribution < -0.4 is 15.8 Å². The molecule has 0 spiro atoms. The van der Waals surface area contributed by atoms with Crippen LogP contribution in [-0.2, 0) is 0 Å². The van der Waals surface area contributed by atoms with E-state index in [4.69, 9.17) is 10.5 Å². The molecule has 0 aromatic heterocycles. The molecular formula is C17H18N2O3. The SMILES string of the molecule is CCCOc1ccccc1NC(=O)c1ccc(C(N)=O)cc1. The first-order valence-electron chi connectivity index (χ1n) is 7.05. The van der Waals surface area contributed by atoms with Crippen molar-refractivity contribution in [1.29, 1.82) is 0 Å². The molecule has 2 aromatic rings. The van der Waals surface area contributed by atoms with Gasteiger partial charge < -0.3 is 15.8 Å². The van der Waals surface area contributed by atoms with Gasteiger partial charge in [0.2, 0.25) is 5.91 Å². The third-order valence-electron chi connectivity index (χ3n) is 3.03. The summed E-state index contributed by atoms with van der Waals surface area (Å²) in [6, 6.07) is 13.4. The predicted octanol–water partition coefficient (Wildman–Crippen LogP) is 2.83. The molecule has 0 saturated heterocycles. The first-order valence-corrected chi connectivity index (χ1v) is 7.05. The molecule has 0 saturated carbocycles. The van der Waals surface area contributed by atoms with Gasteiger partial charge in [0, 0.05) is 11.1 Å². The molecule has 114 valence electrons. The zero-order valence-corrected chi connectivity index (χ0v) is 12.3. The molecule has 0 aliphatic heterocycles. The van der Waals surface area contributed by atoms with Crippen molar-refractivity contribution in [3.8, 4) is 5.75 Å². The summed E-state index contributed by atoms with van der Waals surface area (Å²) in [6.07, 6.45) is 0.886. The number of para-hydroxylation sites is 2. The minimum atomic E-state index is -0.523. The number of amides is 2. The highest BCUT2D eigenvalue weighted by atomic mass is 16.5. The Kier molecular flexibility index (Phi) is 5.14. The summed E-state index contributed by atoms with van der Waals surface area (Å²) in [5, 5.41) is 2.80. The van der Waals surface area contributed by atoms with Crippen molar-refractivity contribution in [2.24, 2.45) is 5.73 Å². The zero-order chi connectivity index (χ0) is 15.9. The van der Waals surface area contributed by atoms with E-state index in [1.54, 1.807) is 18.2 Å². The fourth-order valence-corrected chi connectivity index (χ4v) is 1.89. The molecule has 0 aliphatic carbocycles. The van der Waals surface area contributed by atoms with Crippen molar-refractivity contribution in [1.82, 2.24) is 0 Å². The number of ether oxygens (including phenoxy) is 1. The fourth-order valence-electron chi connectivity index (χ4n) is 1.89. The summed E-state index contributed by atoms with van der Waals surface area (Å²) in [4.78, 5) is 23.3. The Bertz CT molecular complexity index is 666. The predicted molar refractivity (Wildman–Crippen MR) is 85.1 cm³/mol. The lowest BCUT2D eigenvalue weighted by molar-refractivity contribution is 0.0995. The van der Waals surface area contributed by atoms with E-state index in [0.717, 1.165) is 6.42 Å². The number of nitrogens with one attached hydrogen (secondary N) is 1. The van der Waals surface area contributed by atoms with E-state index in [2.05, 4.69) is 5.32 Å². The van der Waals surface area contributed by atoms with Gasteiger partial charge in [-0.1, -0.05) is 19.1 Å². The molecule has 22 heavy (non-hydrogen) atoms. The van der Waals surface area contributed by atoms with Gasteiger partial charge in [0.05, 0.1) is 12.3 Å². The Labute approximate surface area is 129 Å². The minimum Gasteiger partial charge on any atom is -0.491 e. The number of carbonyl (C=O) groups is 2.